The number of carbonyl (C=O) groups is 2. The average molecular weight is 260 g/mol. The van der Waals surface area contributed by atoms with Gasteiger partial charge in [0.1, 0.15) is 5.78 Å². The normalized spacial score (nSPS) is 10.4. The molecule has 0 aromatic heterocycles. The highest BCUT2D eigenvalue weighted by Crippen LogP contribution is 2.11. The number of unbranched alkanes of at least 4 members (excludes halogenated alkanes) is 1. The number of benzene rings is 1. The molecule has 0 radical (unpaired) electrons. The number of carbonyl (C=O) groups excluding carboxylic acids is 2. The summed E-state index contributed by atoms with van der Waals surface area (Å²) >= 11 is 0. The predicted molar refractivity (Wildman–Crippen MR) is 78.5 cm³/mol. The molecule has 0 saturated carbocycles. The van der Waals surface area contributed by atoms with Gasteiger partial charge >= 0.3 is 0 Å². The van der Waals surface area contributed by atoms with Gasteiger partial charge in [0, 0.05) is 24.8 Å². The van der Waals surface area contributed by atoms with Crippen LogP contribution in [-0.2, 0) is 11.2 Å². The van der Waals surface area contributed by atoms with Crippen molar-refractivity contribution in [1.82, 2.24) is 0 Å². The van der Waals surface area contributed by atoms with E-state index in [2.05, 4.69) is 6.92 Å². The lowest BCUT2D eigenvalue weighted by atomic mass is 10.0. The Morgan fingerprint density at radius 1 is 0.947 bits per heavy atom. The molecule has 1 rings (SSSR count). The van der Waals surface area contributed by atoms with Crippen molar-refractivity contribution in [3.8, 4) is 0 Å². The molecule has 0 amide bonds. The highest BCUT2D eigenvalue weighted by Gasteiger charge is 2.07. The number of Topliss-reactive ketones (excluding diaryl/α,β-unsaturated/α-hetero) is 2. The van der Waals surface area contributed by atoms with Crippen molar-refractivity contribution in [3.05, 3.63) is 35.4 Å². The lowest BCUT2D eigenvalue weighted by molar-refractivity contribution is -0.118. The van der Waals surface area contributed by atoms with E-state index in [0.29, 0.717) is 25.7 Å². The van der Waals surface area contributed by atoms with E-state index in [1.807, 2.05) is 31.2 Å². The molecule has 0 aliphatic rings. The van der Waals surface area contributed by atoms with Gasteiger partial charge in [-0.2, -0.15) is 0 Å². The summed E-state index contributed by atoms with van der Waals surface area (Å²) in [5.74, 6) is 0.383. The van der Waals surface area contributed by atoms with E-state index in [1.165, 1.54) is 18.4 Å². The van der Waals surface area contributed by atoms with Crippen LogP contribution >= 0.6 is 0 Å². The summed E-state index contributed by atoms with van der Waals surface area (Å²) in [4.78, 5) is 23.1. The zero-order valence-corrected chi connectivity index (χ0v) is 12.1. The number of ketones is 2. The van der Waals surface area contributed by atoms with E-state index in [1.54, 1.807) is 0 Å². The molecule has 0 unspecified atom stereocenters. The SMILES string of the molecule is CCCCc1ccc(C(=O)CCCC(=O)CC)cc1. The Kier molecular flexibility index (Phi) is 7.09. The Labute approximate surface area is 116 Å². The summed E-state index contributed by atoms with van der Waals surface area (Å²) in [6, 6.07) is 7.91. The minimum atomic E-state index is 0.144. The van der Waals surface area contributed by atoms with E-state index < -0.39 is 0 Å². The van der Waals surface area contributed by atoms with Gasteiger partial charge in [0.15, 0.2) is 5.78 Å². The fourth-order valence-electron chi connectivity index (χ4n) is 2.01. The van der Waals surface area contributed by atoms with Gasteiger partial charge in [-0.05, 0) is 24.8 Å². The third kappa shape index (κ3) is 5.82. The smallest absolute Gasteiger partial charge is 0.162 e. The standard InChI is InChI=1S/C17H24O2/c1-3-5-7-14-10-12-15(13-11-14)17(19)9-6-8-16(18)4-2/h10-13H,3-9H2,1-2H3. The monoisotopic (exact) mass is 260 g/mol. The quantitative estimate of drug-likeness (QED) is 0.618. The molecule has 0 bridgehead atoms. The summed E-state index contributed by atoms with van der Waals surface area (Å²) in [6.07, 6.45) is 5.69. The van der Waals surface area contributed by atoms with Crippen LogP contribution < -0.4 is 0 Å². The fraction of sp³-hybridized carbons (Fsp3) is 0.529. The zero-order valence-electron chi connectivity index (χ0n) is 12.1. The first-order valence-electron chi connectivity index (χ1n) is 7.31. The summed E-state index contributed by atoms with van der Waals surface area (Å²) in [5, 5.41) is 0. The van der Waals surface area contributed by atoms with E-state index in [-0.39, 0.29) is 11.6 Å². The third-order valence-electron chi connectivity index (χ3n) is 3.35. The molecule has 0 saturated heterocycles. The van der Waals surface area contributed by atoms with E-state index in [9.17, 15) is 9.59 Å². The molecule has 2 nitrogen and oxygen atoms in total. The molecule has 0 atom stereocenters. The molecule has 0 spiro atoms. The first-order valence-corrected chi connectivity index (χ1v) is 7.31. The molecular weight excluding hydrogens is 236 g/mol. The molecule has 19 heavy (non-hydrogen) atoms. The molecule has 0 aliphatic carbocycles. The Morgan fingerprint density at radius 3 is 2.21 bits per heavy atom. The highest BCUT2D eigenvalue weighted by atomic mass is 16.1. The Bertz CT molecular complexity index is 404. The zero-order chi connectivity index (χ0) is 14.1. The lowest BCUT2D eigenvalue weighted by Gasteiger charge is -2.03. The highest BCUT2D eigenvalue weighted by molar-refractivity contribution is 5.96. The average Bonchev–Trinajstić information content (AvgIpc) is 2.45. The van der Waals surface area contributed by atoms with E-state index in [0.717, 1.165) is 12.0 Å². The molecule has 0 fully saturated rings. The number of aryl methyl sites for hydroxylation is 1. The maximum atomic E-state index is 11.9. The van der Waals surface area contributed by atoms with Crippen LogP contribution in [0.1, 0.15) is 68.3 Å². The minimum Gasteiger partial charge on any atom is -0.300 e. The minimum absolute atomic E-state index is 0.144. The maximum absolute atomic E-state index is 11.9. The van der Waals surface area contributed by atoms with Crippen LogP contribution in [0, 0.1) is 0 Å². The fourth-order valence-corrected chi connectivity index (χ4v) is 2.01. The first kappa shape index (κ1) is 15.6. The van der Waals surface area contributed by atoms with Crippen molar-refractivity contribution < 1.29 is 9.59 Å². The van der Waals surface area contributed by atoms with Crippen LogP contribution in [0.5, 0.6) is 0 Å². The van der Waals surface area contributed by atoms with Gasteiger partial charge in [0.25, 0.3) is 0 Å². The summed E-state index contributed by atoms with van der Waals surface area (Å²) in [7, 11) is 0. The van der Waals surface area contributed by atoms with Crippen LogP contribution in [0.25, 0.3) is 0 Å². The second-order valence-electron chi connectivity index (χ2n) is 4.97. The summed E-state index contributed by atoms with van der Waals surface area (Å²) in [6.45, 7) is 4.04. The van der Waals surface area contributed by atoms with E-state index >= 15 is 0 Å². The van der Waals surface area contributed by atoms with Crippen molar-refractivity contribution in [2.75, 3.05) is 0 Å². The molecule has 0 aliphatic heterocycles. The summed E-state index contributed by atoms with van der Waals surface area (Å²) < 4.78 is 0. The maximum Gasteiger partial charge on any atom is 0.162 e. The molecule has 104 valence electrons. The Balaban J connectivity index is 2.42. The van der Waals surface area contributed by atoms with Crippen molar-refractivity contribution in [2.45, 2.75) is 58.8 Å². The van der Waals surface area contributed by atoms with Crippen molar-refractivity contribution in [3.63, 3.8) is 0 Å². The van der Waals surface area contributed by atoms with Gasteiger partial charge in [-0.3, -0.25) is 9.59 Å². The Morgan fingerprint density at radius 2 is 1.63 bits per heavy atom. The van der Waals surface area contributed by atoms with Gasteiger partial charge in [-0.25, -0.2) is 0 Å². The molecule has 1 aromatic rings. The molecule has 1 aromatic carbocycles. The van der Waals surface area contributed by atoms with Gasteiger partial charge in [-0.15, -0.1) is 0 Å². The van der Waals surface area contributed by atoms with Crippen molar-refractivity contribution in [1.29, 1.82) is 0 Å². The van der Waals surface area contributed by atoms with Crippen molar-refractivity contribution >= 4 is 11.6 Å². The third-order valence-corrected chi connectivity index (χ3v) is 3.35. The van der Waals surface area contributed by atoms with Gasteiger partial charge in [0.2, 0.25) is 0 Å². The number of hydrogen-bond acceptors (Lipinski definition) is 2. The van der Waals surface area contributed by atoms with Crippen LogP contribution in [-0.4, -0.2) is 11.6 Å². The lowest BCUT2D eigenvalue weighted by Crippen LogP contribution is -2.02. The van der Waals surface area contributed by atoms with Gasteiger partial charge in [0.05, 0.1) is 0 Å². The topological polar surface area (TPSA) is 34.1 Å². The van der Waals surface area contributed by atoms with Gasteiger partial charge in [-0.1, -0.05) is 44.5 Å². The van der Waals surface area contributed by atoms with Crippen LogP contribution in [0.2, 0.25) is 0 Å². The van der Waals surface area contributed by atoms with Crippen LogP contribution in [0.15, 0.2) is 24.3 Å². The summed E-state index contributed by atoms with van der Waals surface area (Å²) in [5.41, 5.74) is 2.06. The number of rotatable bonds is 9. The first-order chi connectivity index (χ1) is 9.17. The number of hydrogen-bond donors (Lipinski definition) is 0. The predicted octanol–water partition coefficient (Wildman–Crippen LogP) is 4.36. The van der Waals surface area contributed by atoms with Crippen LogP contribution in [0.3, 0.4) is 0 Å². The second kappa shape index (κ2) is 8.63. The van der Waals surface area contributed by atoms with Crippen molar-refractivity contribution in [2.24, 2.45) is 0 Å². The molecule has 0 N–H and O–H groups in total. The van der Waals surface area contributed by atoms with E-state index in [4.69, 9.17) is 0 Å². The van der Waals surface area contributed by atoms with Gasteiger partial charge < -0.3 is 0 Å². The second-order valence-corrected chi connectivity index (χ2v) is 4.97. The van der Waals surface area contributed by atoms with Crippen LogP contribution in [0.4, 0.5) is 0 Å². The molecule has 2 heteroatoms. The Hall–Kier alpha value is -1.44. The molecule has 0 heterocycles. The molecular formula is C17H24O2. The largest absolute Gasteiger partial charge is 0.300 e.